The molecule has 1 aromatic carbocycles. The maximum Gasteiger partial charge on any atom is 0.216 e. The molecule has 1 heterocycles. The summed E-state index contributed by atoms with van der Waals surface area (Å²) in [6, 6.07) is 11.9. The molecule has 28 heavy (non-hydrogen) atoms. The molecular weight excluding hydrogens is 356 g/mol. The Bertz CT molecular complexity index is 712. The molecule has 0 unspecified atom stereocenters. The van der Waals surface area contributed by atoms with E-state index in [0.717, 1.165) is 49.8 Å². The van der Waals surface area contributed by atoms with Gasteiger partial charge in [0.2, 0.25) is 5.91 Å². The van der Waals surface area contributed by atoms with E-state index in [1.807, 2.05) is 24.3 Å². The van der Waals surface area contributed by atoms with Crippen LogP contribution in [0.1, 0.15) is 24.7 Å². The van der Waals surface area contributed by atoms with Crippen LogP contribution in [-0.4, -0.2) is 45.2 Å². The minimum absolute atomic E-state index is 0.0154. The van der Waals surface area contributed by atoms with Crippen LogP contribution in [0.3, 0.4) is 0 Å². The Morgan fingerprint density at radius 1 is 1.04 bits per heavy atom. The molecule has 7 nitrogen and oxygen atoms in total. The normalized spacial score (nSPS) is 11.1. The number of carbonyl (C=O) groups excluding carboxylic acids is 1. The summed E-state index contributed by atoms with van der Waals surface area (Å²) in [6.07, 6.45) is 4.15. The fraction of sp³-hybridized carbons (Fsp3) is 0.429. The summed E-state index contributed by atoms with van der Waals surface area (Å²) in [4.78, 5) is 15.5. The third-order valence-electron chi connectivity index (χ3n) is 4.09. The number of hydrogen-bond acceptors (Lipinski definition) is 4. The highest BCUT2D eigenvalue weighted by molar-refractivity contribution is 5.79. The van der Waals surface area contributed by atoms with Gasteiger partial charge in [-0.15, -0.1) is 0 Å². The zero-order valence-corrected chi connectivity index (χ0v) is 16.7. The molecular formula is C21H30N4O3. The molecule has 0 bridgehead atoms. The van der Waals surface area contributed by atoms with E-state index >= 15 is 0 Å². The van der Waals surface area contributed by atoms with Gasteiger partial charge in [0.25, 0.3) is 0 Å². The van der Waals surface area contributed by atoms with E-state index < -0.39 is 0 Å². The minimum atomic E-state index is -0.0154. The Hall–Kier alpha value is -2.96. The van der Waals surface area contributed by atoms with Crippen LogP contribution in [0.15, 0.2) is 52.1 Å². The van der Waals surface area contributed by atoms with E-state index in [9.17, 15) is 4.79 Å². The highest BCUT2D eigenvalue weighted by Gasteiger charge is 2.01. The molecule has 0 aliphatic carbocycles. The molecule has 0 aliphatic heterocycles. The first-order chi connectivity index (χ1) is 13.7. The van der Waals surface area contributed by atoms with Gasteiger partial charge >= 0.3 is 0 Å². The van der Waals surface area contributed by atoms with Gasteiger partial charge in [0.05, 0.1) is 13.4 Å². The second-order valence-electron chi connectivity index (χ2n) is 6.35. The molecule has 2 rings (SSSR count). The van der Waals surface area contributed by atoms with Crippen molar-refractivity contribution >= 4 is 11.9 Å². The van der Waals surface area contributed by atoms with Crippen molar-refractivity contribution in [3.8, 4) is 5.75 Å². The first kappa shape index (κ1) is 21.3. The lowest BCUT2D eigenvalue weighted by molar-refractivity contribution is -0.118. The third kappa shape index (κ3) is 8.62. The fourth-order valence-corrected chi connectivity index (χ4v) is 2.59. The van der Waals surface area contributed by atoms with Crippen LogP contribution in [0, 0.1) is 0 Å². The van der Waals surface area contributed by atoms with Gasteiger partial charge in [-0.1, -0.05) is 12.1 Å². The predicted molar refractivity (Wildman–Crippen MR) is 111 cm³/mol. The summed E-state index contributed by atoms with van der Waals surface area (Å²) in [5, 5.41) is 9.48. The van der Waals surface area contributed by atoms with Gasteiger partial charge < -0.3 is 25.1 Å². The number of carbonyl (C=O) groups is 1. The van der Waals surface area contributed by atoms with Gasteiger partial charge in [0.1, 0.15) is 11.5 Å². The first-order valence-electron chi connectivity index (χ1n) is 9.59. The fourth-order valence-electron chi connectivity index (χ4n) is 2.59. The lowest BCUT2D eigenvalue weighted by Crippen LogP contribution is -2.39. The first-order valence-corrected chi connectivity index (χ1v) is 9.59. The van der Waals surface area contributed by atoms with Gasteiger partial charge in [0, 0.05) is 39.5 Å². The van der Waals surface area contributed by atoms with Crippen molar-refractivity contribution in [1.82, 2.24) is 16.0 Å². The lowest BCUT2D eigenvalue weighted by atomic mass is 10.1. The average Bonchev–Trinajstić information content (AvgIpc) is 3.21. The highest BCUT2D eigenvalue weighted by atomic mass is 16.5. The highest BCUT2D eigenvalue weighted by Crippen LogP contribution is 2.11. The van der Waals surface area contributed by atoms with Gasteiger partial charge in [-0.25, -0.2) is 0 Å². The summed E-state index contributed by atoms with van der Waals surface area (Å²) in [5.74, 6) is 2.55. The third-order valence-corrected chi connectivity index (χ3v) is 4.09. The Labute approximate surface area is 166 Å². The Morgan fingerprint density at radius 3 is 2.43 bits per heavy atom. The number of benzene rings is 1. The summed E-state index contributed by atoms with van der Waals surface area (Å²) in [5.41, 5.74) is 1.23. The molecule has 0 spiro atoms. The van der Waals surface area contributed by atoms with Crippen molar-refractivity contribution in [3.63, 3.8) is 0 Å². The second kappa shape index (κ2) is 12.4. The van der Waals surface area contributed by atoms with Crippen LogP contribution >= 0.6 is 0 Å². The van der Waals surface area contributed by atoms with Crippen LogP contribution < -0.4 is 20.7 Å². The summed E-state index contributed by atoms with van der Waals surface area (Å²) in [6.45, 7) is 4.28. The molecule has 152 valence electrons. The standard InChI is InChI=1S/C21H30N4O3/c1-17(26)22-12-4-13-23-21(25-15-11-20-5-3-16-28-20)24-14-10-18-6-8-19(27-2)9-7-18/h3,5-9,16H,4,10-15H2,1-2H3,(H,22,26)(H2,23,24,25). The van der Waals surface area contributed by atoms with E-state index in [2.05, 4.69) is 33.1 Å². The van der Waals surface area contributed by atoms with E-state index in [4.69, 9.17) is 9.15 Å². The lowest BCUT2D eigenvalue weighted by Gasteiger charge is -2.12. The molecule has 2 aromatic rings. The maximum absolute atomic E-state index is 10.9. The van der Waals surface area contributed by atoms with Crippen molar-refractivity contribution in [2.24, 2.45) is 4.99 Å². The van der Waals surface area contributed by atoms with Crippen LogP contribution in [-0.2, 0) is 17.6 Å². The molecule has 3 N–H and O–H groups in total. The molecule has 0 saturated carbocycles. The van der Waals surface area contributed by atoms with E-state index in [1.54, 1.807) is 13.4 Å². The molecule has 7 heteroatoms. The summed E-state index contributed by atoms with van der Waals surface area (Å²) < 4.78 is 10.5. The second-order valence-corrected chi connectivity index (χ2v) is 6.35. The van der Waals surface area contributed by atoms with Gasteiger partial charge in [-0.2, -0.15) is 0 Å². The van der Waals surface area contributed by atoms with Gasteiger partial charge in [-0.3, -0.25) is 9.79 Å². The van der Waals surface area contributed by atoms with Crippen LogP contribution in [0.25, 0.3) is 0 Å². The smallest absolute Gasteiger partial charge is 0.216 e. The number of methoxy groups -OCH3 is 1. The number of aliphatic imine (C=N–C) groups is 1. The van der Waals surface area contributed by atoms with E-state index in [0.29, 0.717) is 13.1 Å². The summed E-state index contributed by atoms with van der Waals surface area (Å²) in [7, 11) is 1.67. The molecule has 0 fully saturated rings. The Kier molecular flexibility index (Phi) is 9.47. The number of rotatable bonds is 11. The number of amides is 1. The minimum Gasteiger partial charge on any atom is -0.497 e. The number of nitrogens with one attached hydrogen (secondary N) is 3. The zero-order chi connectivity index (χ0) is 20.0. The predicted octanol–water partition coefficient (Wildman–Crippen LogP) is 2.13. The molecule has 0 atom stereocenters. The Balaban J connectivity index is 1.78. The number of nitrogens with zero attached hydrogens (tertiary/aromatic N) is 1. The van der Waals surface area contributed by atoms with E-state index in [1.165, 1.54) is 12.5 Å². The molecule has 0 radical (unpaired) electrons. The SMILES string of the molecule is COc1ccc(CCNC(=NCCCNC(C)=O)NCCc2ccco2)cc1. The van der Waals surface area contributed by atoms with Gasteiger partial charge in [-0.05, 0) is 42.7 Å². The monoisotopic (exact) mass is 386 g/mol. The van der Waals surface area contributed by atoms with Crippen LogP contribution in [0.5, 0.6) is 5.75 Å². The largest absolute Gasteiger partial charge is 0.497 e. The molecule has 1 amide bonds. The van der Waals surface area contributed by atoms with Crippen molar-refractivity contribution in [2.45, 2.75) is 26.2 Å². The van der Waals surface area contributed by atoms with Crippen LogP contribution in [0.2, 0.25) is 0 Å². The van der Waals surface area contributed by atoms with Crippen LogP contribution in [0.4, 0.5) is 0 Å². The summed E-state index contributed by atoms with van der Waals surface area (Å²) >= 11 is 0. The zero-order valence-electron chi connectivity index (χ0n) is 16.7. The Morgan fingerprint density at radius 2 is 1.79 bits per heavy atom. The molecule has 1 aromatic heterocycles. The number of ether oxygens (including phenoxy) is 1. The quantitative estimate of drug-likeness (QED) is 0.313. The molecule has 0 saturated heterocycles. The van der Waals surface area contributed by atoms with Crippen molar-refractivity contribution in [2.75, 3.05) is 33.3 Å². The van der Waals surface area contributed by atoms with Crippen molar-refractivity contribution in [3.05, 3.63) is 54.0 Å². The van der Waals surface area contributed by atoms with Crippen molar-refractivity contribution in [1.29, 1.82) is 0 Å². The topological polar surface area (TPSA) is 87.9 Å². The number of hydrogen-bond donors (Lipinski definition) is 3. The average molecular weight is 386 g/mol. The molecule has 0 aliphatic rings. The number of guanidine groups is 1. The van der Waals surface area contributed by atoms with Gasteiger partial charge in [0.15, 0.2) is 5.96 Å². The maximum atomic E-state index is 10.9. The number of furan rings is 1. The van der Waals surface area contributed by atoms with Crippen molar-refractivity contribution < 1.29 is 13.9 Å². The van der Waals surface area contributed by atoms with E-state index in [-0.39, 0.29) is 5.91 Å².